The minimum Gasteiger partial charge on any atom is -0.463 e. The quantitative estimate of drug-likeness (QED) is 0.221. The minimum atomic E-state index is -0.186. The summed E-state index contributed by atoms with van der Waals surface area (Å²) in [5.41, 5.74) is 0. The van der Waals surface area contributed by atoms with Gasteiger partial charge < -0.3 is 14.2 Å². The van der Waals surface area contributed by atoms with Crippen LogP contribution in [0.25, 0.3) is 0 Å². The molecule has 0 N–H and O–H groups in total. The Morgan fingerprint density at radius 3 is 1.83 bits per heavy atom. The van der Waals surface area contributed by atoms with Gasteiger partial charge in [-0.05, 0) is 45.4 Å². The zero-order valence-corrected chi connectivity index (χ0v) is 15.8. The van der Waals surface area contributed by atoms with Crippen LogP contribution >= 0.6 is 0 Å². The summed E-state index contributed by atoms with van der Waals surface area (Å²) in [6.45, 7) is 9.37. The second-order valence-electron chi connectivity index (χ2n) is 6.29. The third-order valence-electron chi connectivity index (χ3n) is 3.77. The molecule has 23 heavy (non-hydrogen) atoms. The van der Waals surface area contributed by atoms with Gasteiger partial charge >= 0.3 is 5.97 Å². The Morgan fingerprint density at radius 1 is 0.826 bits per heavy atom. The Kier molecular flexibility index (Phi) is 15.8. The first kappa shape index (κ1) is 22.4. The van der Waals surface area contributed by atoms with Crippen LogP contribution in [0.15, 0.2) is 0 Å². The van der Waals surface area contributed by atoms with Gasteiger partial charge in [0.05, 0.1) is 6.10 Å². The molecule has 0 radical (unpaired) electrons. The van der Waals surface area contributed by atoms with Crippen molar-refractivity contribution in [3.8, 4) is 0 Å². The lowest BCUT2D eigenvalue weighted by Gasteiger charge is -2.18. The van der Waals surface area contributed by atoms with Crippen molar-refractivity contribution in [2.75, 3.05) is 13.2 Å². The summed E-state index contributed by atoms with van der Waals surface area (Å²) in [7, 11) is 0. The highest BCUT2D eigenvalue weighted by atomic mass is 16.7. The molecule has 4 nitrogen and oxygen atoms in total. The monoisotopic (exact) mass is 330 g/mol. The van der Waals surface area contributed by atoms with Crippen LogP contribution in [-0.2, 0) is 19.0 Å². The molecule has 0 aromatic heterocycles. The van der Waals surface area contributed by atoms with E-state index in [1.807, 2.05) is 6.92 Å². The maximum atomic E-state index is 10.8. The lowest BCUT2D eigenvalue weighted by atomic mass is 10.1. The fraction of sp³-hybridized carbons (Fsp3) is 0.947. The van der Waals surface area contributed by atoms with E-state index < -0.39 is 0 Å². The minimum absolute atomic E-state index is 0.0342. The Morgan fingerprint density at radius 2 is 1.35 bits per heavy atom. The molecule has 138 valence electrons. The van der Waals surface area contributed by atoms with Crippen LogP contribution in [0.5, 0.6) is 0 Å². The van der Waals surface area contributed by atoms with Crippen LogP contribution in [0, 0.1) is 0 Å². The average Bonchev–Trinajstić information content (AvgIpc) is 2.49. The van der Waals surface area contributed by atoms with Crippen molar-refractivity contribution in [1.29, 1.82) is 0 Å². The predicted molar refractivity (Wildman–Crippen MR) is 94.4 cm³/mol. The lowest BCUT2D eigenvalue weighted by molar-refractivity contribution is -0.148. The van der Waals surface area contributed by atoms with Gasteiger partial charge in [0, 0.05) is 20.1 Å². The first-order chi connectivity index (χ1) is 11.1. The number of carbonyl (C=O) groups excluding carboxylic acids is 1. The molecule has 0 aliphatic carbocycles. The Hall–Kier alpha value is -0.610. The Labute approximate surface area is 143 Å². The van der Waals surface area contributed by atoms with Crippen molar-refractivity contribution in [2.45, 2.75) is 104 Å². The van der Waals surface area contributed by atoms with Crippen molar-refractivity contribution in [1.82, 2.24) is 0 Å². The third kappa shape index (κ3) is 16.0. The van der Waals surface area contributed by atoms with Gasteiger partial charge in [0.15, 0.2) is 6.29 Å². The molecule has 0 fully saturated rings. The molecule has 0 aromatic rings. The summed E-state index contributed by atoms with van der Waals surface area (Å²) >= 11 is 0. The summed E-state index contributed by atoms with van der Waals surface area (Å²) in [5.74, 6) is -0.186. The SMILES string of the molecule is CCCCOC(CCCCCCC(C)OC(C)=O)OCCCC. The standard InChI is InChI=1S/C19H38O4/c1-5-7-15-21-19(22-16-8-6-2)14-12-10-9-11-13-17(3)23-18(4)20/h17,19H,5-16H2,1-4H3. The Bertz CT molecular complexity index is 258. The lowest BCUT2D eigenvalue weighted by Crippen LogP contribution is -2.18. The molecule has 4 heteroatoms. The second kappa shape index (κ2) is 16.3. The van der Waals surface area contributed by atoms with Crippen LogP contribution in [0.4, 0.5) is 0 Å². The first-order valence-corrected chi connectivity index (χ1v) is 9.50. The molecule has 0 aromatic carbocycles. The molecular weight excluding hydrogens is 292 g/mol. The van der Waals surface area contributed by atoms with Gasteiger partial charge in [-0.25, -0.2) is 0 Å². The molecule has 0 aliphatic rings. The largest absolute Gasteiger partial charge is 0.463 e. The summed E-state index contributed by atoms with van der Waals surface area (Å²) < 4.78 is 16.8. The van der Waals surface area contributed by atoms with Gasteiger partial charge in [-0.3, -0.25) is 4.79 Å². The van der Waals surface area contributed by atoms with E-state index >= 15 is 0 Å². The molecule has 0 saturated heterocycles. The van der Waals surface area contributed by atoms with Crippen molar-refractivity contribution < 1.29 is 19.0 Å². The van der Waals surface area contributed by atoms with Crippen molar-refractivity contribution in [3.63, 3.8) is 0 Å². The molecule has 0 amide bonds. The second-order valence-corrected chi connectivity index (χ2v) is 6.29. The fourth-order valence-electron chi connectivity index (χ4n) is 2.37. The fourth-order valence-corrected chi connectivity index (χ4v) is 2.37. The number of carbonyl (C=O) groups is 1. The molecule has 1 atom stereocenters. The molecule has 0 aliphatic heterocycles. The zero-order chi connectivity index (χ0) is 17.3. The van der Waals surface area contributed by atoms with E-state index in [4.69, 9.17) is 14.2 Å². The summed E-state index contributed by atoms with van der Waals surface area (Å²) in [6, 6.07) is 0. The van der Waals surface area contributed by atoms with Crippen LogP contribution in [0.3, 0.4) is 0 Å². The van der Waals surface area contributed by atoms with Gasteiger partial charge in [-0.2, -0.15) is 0 Å². The highest BCUT2D eigenvalue weighted by Gasteiger charge is 2.09. The number of hydrogen-bond acceptors (Lipinski definition) is 4. The van der Waals surface area contributed by atoms with Crippen LogP contribution in [0.2, 0.25) is 0 Å². The van der Waals surface area contributed by atoms with E-state index in [0.29, 0.717) is 0 Å². The molecular formula is C19H38O4. The van der Waals surface area contributed by atoms with Gasteiger partial charge in [0.1, 0.15) is 0 Å². The van der Waals surface area contributed by atoms with Gasteiger partial charge in [-0.1, -0.05) is 39.5 Å². The topological polar surface area (TPSA) is 44.8 Å². The van der Waals surface area contributed by atoms with E-state index in [1.165, 1.54) is 19.8 Å². The summed E-state index contributed by atoms with van der Waals surface area (Å²) in [5, 5.41) is 0. The van der Waals surface area contributed by atoms with Crippen LogP contribution in [0.1, 0.15) is 91.9 Å². The smallest absolute Gasteiger partial charge is 0.302 e. The van der Waals surface area contributed by atoms with E-state index in [0.717, 1.165) is 64.6 Å². The Balaban J connectivity index is 3.68. The van der Waals surface area contributed by atoms with Crippen molar-refractivity contribution in [2.24, 2.45) is 0 Å². The number of hydrogen-bond donors (Lipinski definition) is 0. The molecule has 1 unspecified atom stereocenters. The van der Waals surface area contributed by atoms with Crippen molar-refractivity contribution >= 4 is 5.97 Å². The number of unbranched alkanes of at least 4 members (excludes halogenated alkanes) is 5. The number of rotatable bonds is 16. The molecule has 0 rings (SSSR count). The summed E-state index contributed by atoms with van der Waals surface area (Å²) in [6.07, 6.45) is 11.0. The maximum absolute atomic E-state index is 10.8. The van der Waals surface area contributed by atoms with Gasteiger partial charge in [0.25, 0.3) is 0 Å². The van der Waals surface area contributed by atoms with Crippen LogP contribution in [-0.4, -0.2) is 31.6 Å². The van der Waals surface area contributed by atoms with E-state index in [-0.39, 0.29) is 18.4 Å². The number of ether oxygens (including phenoxy) is 3. The highest BCUT2D eigenvalue weighted by molar-refractivity contribution is 5.66. The van der Waals surface area contributed by atoms with E-state index in [1.54, 1.807) is 0 Å². The number of esters is 1. The van der Waals surface area contributed by atoms with Gasteiger partial charge in [0.2, 0.25) is 0 Å². The van der Waals surface area contributed by atoms with E-state index in [9.17, 15) is 4.79 Å². The average molecular weight is 331 g/mol. The molecule has 0 heterocycles. The first-order valence-electron chi connectivity index (χ1n) is 9.50. The molecule has 0 saturated carbocycles. The molecule has 0 bridgehead atoms. The summed E-state index contributed by atoms with van der Waals surface area (Å²) in [4.78, 5) is 10.8. The third-order valence-corrected chi connectivity index (χ3v) is 3.77. The van der Waals surface area contributed by atoms with Gasteiger partial charge in [-0.15, -0.1) is 0 Å². The molecule has 0 spiro atoms. The van der Waals surface area contributed by atoms with Crippen molar-refractivity contribution in [3.05, 3.63) is 0 Å². The maximum Gasteiger partial charge on any atom is 0.302 e. The van der Waals surface area contributed by atoms with E-state index in [2.05, 4.69) is 13.8 Å². The normalized spacial score (nSPS) is 12.6. The van der Waals surface area contributed by atoms with Crippen LogP contribution < -0.4 is 0 Å². The highest BCUT2D eigenvalue weighted by Crippen LogP contribution is 2.13. The predicted octanol–water partition coefficient (Wildman–Crippen LogP) is 5.24. The zero-order valence-electron chi connectivity index (χ0n) is 15.8.